The number of para-hydroxylation sites is 1. The largest absolute Gasteiger partial charge is 0.213 e. The molecule has 0 aliphatic rings. The van der Waals surface area contributed by atoms with Crippen molar-refractivity contribution in [1.29, 1.82) is 0 Å². The number of halogens is 1. The van der Waals surface area contributed by atoms with E-state index in [-0.39, 0.29) is 0 Å². The molecule has 1 aromatic heterocycles. The third kappa shape index (κ3) is 1.20. The first kappa shape index (κ1) is 7.98. The first-order chi connectivity index (χ1) is 5.79. The van der Waals surface area contributed by atoms with E-state index in [4.69, 9.17) is 0 Å². The molecule has 2 heteroatoms. The van der Waals surface area contributed by atoms with Gasteiger partial charge in [0.25, 0.3) is 0 Å². The quantitative estimate of drug-likeness (QED) is 0.510. The molecule has 0 radical (unpaired) electrons. The predicted molar refractivity (Wildman–Crippen MR) is 57.8 cm³/mol. The summed E-state index contributed by atoms with van der Waals surface area (Å²) in [7, 11) is 2.07. The second-order valence-electron chi connectivity index (χ2n) is 2.79. The van der Waals surface area contributed by atoms with Gasteiger partial charge in [-0.3, -0.25) is 0 Å². The molecule has 0 bridgehead atoms. The van der Waals surface area contributed by atoms with E-state index < -0.39 is 0 Å². The van der Waals surface area contributed by atoms with Crippen LogP contribution >= 0.6 is 22.6 Å². The summed E-state index contributed by atoms with van der Waals surface area (Å²) in [6, 6.07) is 10.6. The Morgan fingerprint density at radius 3 is 2.67 bits per heavy atom. The SMILES string of the molecule is C[n+]1ccc(I)c2ccccc21. The minimum atomic E-state index is 1.28. The summed E-state index contributed by atoms with van der Waals surface area (Å²) in [5.74, 6) is 0. The highest BCUT2D eigenvalue weighted by atomic mass is 127. The van der Waals surface area contributed by atoms with Crippen LogP contribution in [0.25, 0.3) is 10.9 Å². The Morgan fingerprint density at radius 2 is 1.92 bits per heavy atom. The van der Waals surface area contributed by atoms with Crippen LogP contribution in [0.4, 0.5) is 0 Å². The first-order valence-corrected chi connectivity index (χ1v) is 4.90. The minimum Gasteiger partial charge on any atom is -0.201 e. The molecule has 2 rings (SSSR count). The lowest BCUT2D eigenvalue weighted by molar-refractivity contribution is -0.645. The van der Waals surface area contributed by atoms with Crippen LogP contribution in [-0.2, 0) is 7.05 Å². The molecule has 0 saturated heterocycles. The van der Waals surface area contributed by atoms with E-state index in [1.165, 1.54) is 14.5 Å². The van der Waals surface area contributed by atoms with Gasteiger partial charge in [-0.1, -0.05) is 12.1 Å². The molecule has 0 amide bonds. The lowest BCUT2D eigenvalue weighted by Crippen LogP contribution is -2.28. The molecule has 1 aromatic carbocycles. The summed E-state index contributed by atoms with van der Waals surface area (Å²) in [6.07, 6.45) is 2.09. The third-order valence-corrected chi connectivity index (χ3v) is 2.93. The molecule has 0 spiro atoms. The van der Waals surface area contributed by atoms with Crippen LogP contribution in [0, 0.1) is 3.57 Å². The second-order valence-corrected chi connectivity index (χ2v) is 3.95. The lowest BCUT2D eigenvalue weighted by Gasteiger charge is -1.97. The zero-order valence-corrected chi connectivity index (χ0v) is 8.95. The van der Waals surface area contributed by atoms with Crippen molar-refractivity contribution in [3.63, 3.8) is 0 Å². The zero-order chi connectivity index (χ0) is 8.55. The van der Waals surface area contributed by atoms with E-state index in [1.807, 2.05) is 0 Å². The lowest BCUT2D eigenvalue weighted by atomic mass is 10.2. The molecule has 12 heavy (non-hydrogen) atoms. The van der Waals surface area contributed by atoms with Crippen LogP contribution in [0.3, 0.4) is 0 Å². The van der Waals surface area contributed by atoms with Crippen LogP contribution in [0.15, 0.2) is 36.5 Å². The van der Waals surface area contributed by atoms with Gasteiger partial charge in [-0.15, -0.1) is 0 Å². The van der Waals surface area contributed by atoms with Crippen molar-refractivity contribution in [1.82, 2.24) is 0 Å². The van der Waals surface area contributed by atoms with Gasteiger partial charge in [-0.2, -0.15) is 0 Å². The van der Waals surface area contributed by atoms with Crippen molar-refractivity contribution < 1.29 is 4.57 Å². The summed E-state index contributed by atoms with van der Waals surface area (Å²) in [4.78, 5) is 0. The van der Waals surface area contributed by atoms with E-state index in [2.05, 4.69) is 70.7 Å². The van der Waals surface area contributed by atoms with Gasteiger partial charge in [0.1, 0.15) is 7.05 Å². The molecule has 0 saturated carbocycles. The minimum absolute atomic E-state index is 1.28. The Balaban J connectivity index is 2.95. The predicted octanol–water partition coefficient (Wildman–Crippen LogP) is 2.27. The Bertz CT molecular complexity index is 383. The Morgan fingerprint density at radius 1 is 1.17 bits per heavy atom. The van der Waals surface area contributed by atoms with Crippen molar-refractivity contribution in [2.45, 2.75) is 0 Å². The molecule has 0 unspecified atom stereocenters. The summed E-state index contributed by atoms with van der Waals surface area (Å²) < 4.78 is 3.44. The molecule has 2 aromatic rings. The second kappa shape index (κ2) is 3.01. The first-order valence-electron chi connectivity index (χ1n) is 3.82. The van der Waals surface area contributed by atoms with Crippen molar-refractivity contribution in [3.8, 4) is 0 Å². The Kier molecular flexibility index (Phi) is 2.00. The highest BCUT2D eigenvalue weighted by Crippen LogP contribution is 2.15. The average Bonchev–Trinajstić information content (AvgIpc) is 2.12. The summed E-state index contributed by atoms with van der Waals surface area (Å²) in [6.45, 7) is 0. The molecular weight excluding hydrogens is 261 g/mol. The van der Waals surface area contributed by atoms with Gasteiger partial charge in [0, 0.05) is 15.7 Å². The zero-order valence-electron chi connectivity index (χ0n) is 6.79. The number of aryl methyl sites for hydroxylation is 1. The molecule has 1 heterocycles. The van der Waals surface area contributed by atoms with E-state index in [0.717, 1.165) is 0 Å². The van der Waals surface area contributed by atoms with E-state index in [9.17, 15) is 0 Å². The highest BCUT2D eigenvalue weighted by Gasteiger charge is 2.05. The monoisotopic (exact) mass is 270 g/mol. The van der Waals surface area contributed by atoms with Crippen LogP contribution in [-0.4, -0.2) is 0 Å². The van der Waals surface area contributed by atoms with Crippen molar-refractivity contribution in [2.24, 2.45) is 7.05 Å². The average molecular weight is 270 g/mol. The van der Waals surface area contributed by atoms with Crippen LogP contribution in [0.1, 0.15) is 0 Å². The maximum Gasteiger partial charge on any atom is 0.213 e. The van der Waals surface area contributed by atoms with E-state index in [1.54, 1.807) is 0 Å². The van der Waals surface area contributed by atoms with Gasteiger partial charge in [0.2, 0.25) is 5.52 Å². The fourth-order valence-electron chi connectivity index (χ4n) is 1.33. The molecule has 0 fully saturated rings. The van der Waals surface area contributed by atoms with Gasteiger partial charge in [-0.25, -0.2) is 4.57 Å². The number of pyridine rings is 1. The summed E-state index contributed by atoms with van der Waals surface area (Å²) in [5, 5.41) is 1.32. The smallest absolute Gasteiger partial charge is 0.201 e. The van der Waals surface area contributed by atoms with Gasteiger partial charge >= 0.3 is 0 Å². The number of fused-ring (bicyclic) bond motifs is 1. The molecular formula is C10H9IN+. The fraction of sp³-hybridized carbons (Fsp3) is 0.100. The highest BCUT2D eigenvalue weighted by molar-refractivity contribution is 14.1. The molecule has 60 valence electrons. The van der Waals surface area contributed by atoms with E-state index >= 15 is 0 Å². The number of hydrogen-bond donors (Lipinski definition) is 0. The standard InChI is InChI=1S/C10H9IN/c1-12-7-6-9(11)8-4-2-3-5-10(8)12/h2-7H,1H3/q+1. The molecule has 0 aliphatic carbocycles. The molecule has 1 nitrogen and oxygen atoms in total. The number of rotatable bonds is 0. The van der Waals surface area contributed by atoms with Crippen molar-refractivity contribution in [3.05, 3.63) is 40.1 Å². The number of hydrogen-bond acceptors (Lipinski definition) is 0. The fourth-order valence-corrected chi connectivity index (χ4v) is 1.95. The van der Waals surface area contributed by atoms with Gasteiger partial charge in [0.05, 0.1) is 5.39 Å². The van der Waals surface area contributed by atoms with E-state index in [0.29, 0.717) is 0 Å². The van der Waals surface area contributed by atoms with Crippen LogP contribution < -0.4 is 4.57 Å². The van der Waals surface area contributed by atoms with Crippen molar-refractivity contribution in [2.75, 3.05) is 0 Å². The van der Waals surface area contributed by atoms with Gasteiger partial charge in [0.15, 0.2) is 6.20 Å². The Hall–Kier alpha value is -0.640. The Labute approximate surface area is 85.2 Å². The van der Waals surface area contributed by atoms with Crippen LogP contribution in [0.5, 0.6) is 0 Å². The van der Waals surface area contributed by atoms with Gasteiger partial charge < -0.3 is 0 Å². The van der Waals surface area contributed by atoms with Gasteiger partial charge in [-0.05, 0) is 28.7 Å². The molecule has 0 atom stereocenters. The van der Waals surface area contributed by atoms with Crippen LogP contribution in [0.2, 0.25) is 0 Å². The summed E-state index contributed by atoms with van der Waals surface area (Å²) in [5.41, 5.74) is 1.28. The third-order valence-electron chi connectivity index (χ3n) is 1.99. The maximum absolute atomic E-state index is 2.36. The number of aromatic nitrogens is 1. The normalized spacial score (nSPS) is 10.5. The molecule has 0 aliphatic heterocycles. The summed E-state index contributed by atoms with van der Waals surface area (Å²) >= 11 is 2.36. The topological polar surface area (TPSA) is 3.88 Å². The molecule has 0 N–H and O–H groups in total. The number of nitrogens with zero attached hydrogens (tertiary/aromatic N) is 1. The van der Waals surface area contributed by atoms with Crippen molar-refractivity contribution >= 4 is 33.5 Å². The maximum atomic E-state index is 2.36. The number of benzene rings is 1.